The molecule has 0 spiro atoms. The van der Waals surface area contributed by atoms with Crippen LogP contribution < -0.4 is 10.6 Å². The van der Waals surface area contributed by atoms with Crippen molar-refractivity contribution >= 4 is 34.5 Å². The highest BCUT2D eigenvalue weighted by atomic mass is 16.2. The number of benzene rings is 3. The first-order valence-corrected chi connectivity index (χ1v) is 11.1. The smallest absolute Gasteiger partial charge is 0.258 e. The van der Waals surface area contributed by atoms with Crippen LogP contribution in [0.15, 0.2) is 78.9 Å². The third-order valence-corrected chi connectivity index (χ3v) is 6.03. The van der Waals surface area contributed by atoms with Crippen LogP contribution in [0.25, 0.3) is 11.3 Å². The fourth-order valence-electron chi connectivity index (χ4n) is 4.37. The number of nitrogens with one attached hydrogen (secondary N) is 2. The Morgan fingerprint density at radius 2 is 1.47 bits per heavy atom. The Labute approximate surface area is 187 Å². The first-order chi connectivity index (χ1) is 15.7. The maximum absolute atomic E-state index is 12.9. The van der Waals surface area contributed by atoms with Crippen LogP contribution in [0.1, 0.15) is 40.7 Å². The van der Waals surface area contributed by atoms with Crippen LogP contribution in [0, 0.1) is 0 Å². The maximum Gasteiger partial charge on any atom is 0.258 e. The minimum atomic E-state index is -0.130. The van der Waals surface area contributed by atoms with E-state index in [2.05, 4.69) is 10.6 Å². The maximum atomic E-state index is 12.9. The van der Waals surface area contributed by atoms with E-state index in [1.807, 2.05) is 83.8 Å². The predicted molar refractivity (Wildman–Crippen MR) is 128 cm³/mol. The monoisotopic (exact) mass is 423 g/mol. The third kappa shape index (κ3) is 3.89. The number of carbonyl (C=O) groups is 2. The number of nitrogens with zero attached hydrogens (tertiary/aromatic N) is 1. The zero-order chi connectivity index (χ0) is 21.9. The number of piperidine rings is 1. The summed E-state index contributed by atoms with van der Waals surface area (Å²) in [6, 6.07) is 25.1. The molecule has 0 aromatic heterocycles. The van der Waals surface area contributed by atoms with Crippen LogP contribution in [-0.4, -0.2) is 29.8 Å². The molecular formula is C27H25N3O2. The average Bonchev–Trinajstić information content (AvgIpc) is 3.19. The van der Waals surface area contributed by atoms with E-state index in [0.29, 0.717) is 11.1 Å². The fraction of sp³-hybridized carbons (Fsp3) is 0.185. The fourth-order valence-corrected chi connectivity index (χ4v) is 4.37. The third-order valence-electron chi connectivity index (χ3n) is 6.03. The summed E-state index contributed by atoms with van der Waals surface area (Å²) in [7, 11) is 0. The van der Waals surface area contributed by atoms with Crippen molar-refractivity contribution in [2.45, 2.75) is 19.3 Å². The number of fused-ring (bicyclic) bond motifs is 1. The van der Waals surface area contributed by atoms with E-state index in [0.717, 1.165) is 54.1 Å². The molecule has 160 valence electrons. The van der Waals surface area contributed by atoms with Gasteiger partial charge in [0.25, 0.3) is 11.8 Å². The first-order valence-electron chi connectivity index (χ1n) is 11.1. The van der Waals surface area contributed by atoms with Gasteiger partial charge in [-0.1, -0.05) is 48.5 Å². The molecule has 3 aromatic rings. The Bertz CT molecular complexity index is 1180. The molecule has 0 aliphatic carbocycles. The summed E-state index contributed by atoms with van der Waals surface area (Å²) < 4.78 is 0. The van der Waals surface area contributed by atoms with Crippen molar-refractivity contribution < 1.29 is 9.59 Å². The highest BCUT2D eigenvalue weighted by molar-refractivity contribution is 6.37. The summed E-state index contributed by atoms with van der Waals surface area (Å²) in [5.74, 6) is -0.0450. The molecule has 5 heteroatoms. The molecule has 0 bridgehead atoms. The van der Waals surface area contributed by atoms with Crippen molar-refractivity contribution in [2.75, 3.05) is 23.7 Å². The van der Waals surface area contributed by atoms with Gasteiger partial charge in [-0.3, -0.25) is 9.59 Å². The summed E-state index contributed by atoms with van der Waals surface area (Å²) in [5.41, 5.74) is 5.47. The van der Waals surface area contributed by atoms with Gasteiger partial charge in [0.2, 0.25) is 0 Å². The predicted octanol–water partition coefficient (Wildman–Crippen LogP) is 5.25. The standard InChI is InChI=1S/C27H25N3O2/c31-26-24(22-11-5-6-12-23(22)29-26)25(19-9-3-1-4-10-19)28-21-15-13-20(14-16-21)27(32)30-17-7-2-8-18-30/h1,3-6,9-16,28H,2,7-8,17-18H2,(H,29,31)/b25-24-. The van der Waals surface area contributed by atoms with Gasteiger partial charge >= 0.3 is 0 Å². The van der Waals surface area contributed by atoms with E-state index in [9.17, 15) is 9.59 Å². The normalized spacial score (nSPS) is 16.9. The summed E-state index contributed by atoms with van der Waals surface area (Å²) in [6.45, 7) is 1.66. The number of rotatable bonds is 4. The molecule has 1 fully saturated rings. The number of para-hydroxylation sites is 1. The van der Waals surface area contributed by atoms with E-state index in [-0.39, 0.29) is 11.8 Å². The van der Waals surface area contributed by atoms with Gasteiger partial charge < -0.3 is 15.5 Å². The first kappa shape index (κ1) is 20.1. The molecule has 2 aliphatic rings. The molecule has 0 radical (unpaired) electrons. The van der Waals surface area contributed by atoms with Gasteiger partial charge in [-0.2, -0.15) is 0 Å². The molecule has 1 saturated heterocycles. The number of likely N-dealkylation sites (tertiary alicyclic amines) is 1. The van der Waals surface area contributed by atoms with Crippen LogP contribution >= 0.6 is 0 Å². The van der Waals surface area contributed by atoms with Crippen molar-refractivity contribution in [1.82, 2.24) is 4.90 Å². The molecule has 3 aromatic carbocycles. The summed E-state index contributed by atoms with van der Waals surface area (Å²) in [5, 5.41) is 6.41. The Morgan fingerprint density at radius 3 is 2.22 bits per heavy atom. The lowest BCUT2D eigenvalue weighted by molar-refractivity contribution is -0.110. The SMILES string of the molecule is O=C1Nc2ccccc2/C1=C(/Nc1ccc(C(=O)N2CCCCC2)cc1)c1ccccc1. The lowest BCUT2D eigenvalue weighted by Crippen LogP contribution is -2.35. The number of carbonyl (C=O) groups excluding carboxylic acids is 2. The van der Waals surface area contributed by atoms with E-state index in [1.165, 1.54) is 6.42 Å². The second-order valence-corrected chi connectivity index (χ2v) is 8.17. The number of hydrogen-bond donors (Lipinski definition) is 2. The molecule has 0 unspecified atom stereocenters. The van der Waals surface area contributed by atoms with Crippen LogP contribution in [-0.2, 0) is 4.79 Å². The van der Waals surface area contributed by atoms with E-state index >= 15 is 0 Å². The highest BCUT2D eigenvalue weighted by Gasteiger charge is 2.28. The molecule has 5 nitrogen and oxygen atoms in total. The van der Waals surface area contributed by atoms with Crippen LogP contribution in [0.3, 0.4) is 0 Å². The number of anilines is 2. The van der Waals surface area contributed by atoms with Gasteiger partial charge in [0.1, 0.15) is 0 Å². The summed E-state index contributed by atoms with van der Waals surface area (Å²) in [6.07, 6.45) is 3.34. The quantitative estimate of drug-likeness (QED) is 0.564. The average molecular weight is 424 g/mol. The van der Waals surface area contributed by atoms with Gasteiger partial charge in [0.05, 0.1) is 11.3 Å². The molecule has 2 heterocycles. The molecular weight excluding hydrogens is 398 g/mol. The van der Waals surface area contributed by atoms with Gasteiger partial charge in [-0.25, -0.2) is 0 Å². The Kier molecular flexibility index (Phi) is 5.46. The molecule has 2 N–H and O–H groups in total. The van der Waals surface area contributed by atoms with Crippen molar-refractivity contribution in [2.24, 2.45) is 0 Å². The molecule has 0 saturated carbocycles. The zero-order valence-corrected chi connectivity index (χ0v) is 17.8. The Hall–Kier alpha value is -3.86. The second kappa shape index (κ2) is 8.71. The number of hydrogen-bond acceptors (Lipinski definition) is 3. The van der Waals surface area contributed by atoms with Crippen molar-refractivity contribution in [3.63, 3.8) is 0 Å². The highest BCUT2D eigenvalue weighted by Crippen LogP contribution is 2.37. The van der Waals surface area contributed by atoms with E-state index in [4.69, 9.17) is 0 Å². The molecule has 5 rings (SSSR count). The molecule has 0 atom stereocenters. The lowest BCUT2D eigenvalue weighted by Gasteiger charge is -2.26. The van der Waals surface area contributed by atoms with Crippen LogP contribution in [0.4, 0.5) is 11.4 Å². The minimum Gasteiger partial charge on any atom is -0.354 e. The van der Waals surface area contributed by atoms with Gasteiger partial charge in [0.15, 0.2) is 0 Å². The van der Waals surface area contributed by atoms with Gasteiger partial charge in [-0.15, -0.1) is 0 Å². The lowest BCUT2D eigenvalue weighted by atomic mass is 10.00. The zero-order valence-electron chi connectivity index (χ0n) is 17.8. The van der Waals surface area contributed by atoms with Gasteiger partial charge in [0, 0.05) is 35.6 Å². The van der Waals surface area contributed by atoms with E-state index in [1.54, 1.807) is 0 Å². The summed E-state index contributed by atoms with van der Waals surface area (Å²) >= 11 is 0. The molecule has 32 heavy (non-hydrogen) atoms. The second-order valence-electron chi connectivity index (χ2n) is 8.17. The van der Waals surface area contributed by atoms with Crippen LogP contribution in [0.2, 0.25) is 0 Å². The van der Waals surface area contributed by atoms with Crippen molar-refractivity contribution in [3.05, 3.63) is 95.6 Å². The summed E-state index contributed by atoms with van der Waals surface area (Å²) in [4.78, 5) is 27.6. The molecule has 2 aliphatic heterocycles. The van der Waals surface area contributed by atoms with Crippen molar-refractivity contribution in [1.29, 1.82) is 0 Å². The number of amides is 2. The molecule has 2 amide bonds. The Balaban J connectivity index is 1.48. The van der Waals surface area contributed by atoms with Crippen molar-refractivity contribution in [3.8, 4) is 0 Å². The largest absolute Gasteiger partial charge is 0.354 e. The van der Waals surface area contributed by atoms with Crippen LogP contribution in [0.5, 0.6) is 0 Å². The van der Waals surface area contributed by atoms with E-state index < -0.39 is 0 Å². The van der Waals surface area contributed by atoms with Gasteiger partial charge in [-0.05, 0) is 55.2 Å². The topological polar surface area (TPSA) is 61.4 Å². The minimum absolute atomic E-state index is 0.0852. The Morgan fingerprint density at radius 1 is 0.781 bits per heavy atom.